The van der Waals surface area contributed by atoms with Gasteiger partial charge in [-0.3, -0.25) is 0 Å². The van der Waals surface area contributed by atoms with Crippen molar-refractivity contribution in [2.75, 3.05) is 7.05 Å². The first kappa shape index (κ1) is 13.7. The number of halogens is 1. The maximum atomic E-state index is 2.35. The van der Waals surface area contributed by atoms with E-state index in [0.717, 1.165) is 0 Å². The lowest BCUT2D eigenvalue weighted by atomic mass is 9.74. The van der Waals surface area contributed by atoms with Crippen LogP contribution in [0.2, 0.25) is 0 Å². The lowest BCUT2D eigenvalue weighted by Crippen LogP contribution is -3.00. The van der Waals surface area contributed by atoms with Crippen molar-refractivity contribution in [2.24, 2.45) is 0 Å². The Labute approximate surface area is 116 Å². The normalized spacial score (nSPS) is 17.0. The molecule has 2 rings (SSSR count). The fourth-order valence-electron chi connectivity index (χ4n) is 3.01. The molecule has 1 aliphatic heterocycles. The molecule has 0 fully saturated rings. The van der Waals surface area contributed by atoms with Crippen molar-refractivity contribution in [3.05, 3.63) is 29.8 Å². The van der Waals surface area contributed by atoms with Crippen molar-refractivity contribution in [3.8, 4) is 0 Å². The van der Waals surface area contributed by atoms with E-state index in [4.69, 9.17) is 0 Å². The lowest BCUT2D eigenvalue weighted by molar-refractivity contribution is -0.403. The van der Waals surface area contributed by atoms with Crippen LogP contribution in [-0.4, -0.2) is 17.3 Å². The number of nitrogens with zero attached hydrogens (tertiary/aromatic N) is 1. The molecule has 1 nitrogen and oxygen atoms in total. The van der Waals surface area contributed by atoms with E-state index in [1.165, 1.54) is 29.8 Å². The Balaban J connectivity index is 0.00000128. The van der Waals surface area contributed by atoms with Crippen LogP contribution >= 0.6 is 0 Å². The van der Waals surface area contributed by atoms with Crippen molar-refractivity contribution in [1.29, 1.82) is 0 Å². The average Bonchev–Trinajstić information content (AvgIpc) is 2.51. The zero-order valence-corrected chi connectivity index (χ0v) is 12.7. The van der Waals surface area contributed by atoms with Crippen molar-refractivity contribution < 1.29 is 28.6 Å². The zero-order valence-electron chi connectivity index (χ0n) is 10.5. The monoisotopic (exact) mass is 329 g/mol. The zero-order chi connectivity index (χ0) is 11.1. The fourth-order valence-corrected chi connectivity index (χ4v) is 3.01. The Hall–Kier alpha value is -0.380. The molecule has 0 N–H and O–H groups in total. The van der Waals surface area contributed by atoms with Gasteiger partial charge >= 0.3 is 0 Å². The molecule has 1 heterocycles. The molecule has 0 aliphatic carbocycles. The minimum absolute atomic E-state index is 0. The largest absolute Gasteiger partial charge is 1.00 e. The molecule has 0 spiro atoms. The van der Waals surface area contributed by atoms with Gasteiger partial charge in [0.15, 0.2) is 5.71 Å². The maximum Gasteiger partial charge on any atom is 0.209 e. The first-order valence-electron chi connectivity index (χ1n) is 5.84. The second-order valence-corrected chi connectivity index (χ2v) is 4.45. The molecule has 16 heavy (non-hydrogen) atoms. The topological polar surface area (TPSA) is 3.01 Å². The molecule has 1 aliphatic rings. The predicted octanol–water partition coefficient (Wildman–Crippen LogP) is 0.497. The third-order valence-corrected chi connectivity index (χ3v) is 4.18. The third kappa shape index (κ3) is 1.62. The summed E-state index contributed by atoms with van der Waals surface area (Å²) in [6.45, 7) is 6.86. The molecule has 0 unspecified atom stereocenters. The van der Waals surface area contributed by atoms with Crippen LogP contribution < -0.4 is 24.0 Å². The van der Waals surface area contributed by atoms with Crippen LogP contribution in [-0.2, 0) is 5.41 Å². The maximum absolute atomic E-state index is 2.35. The molecule has 0 saturated carbocycles. The van der Waals surface area contributed by atoms with E-state index in [2.05, 4.69) is 56.7 Å². The highest BCUT2D eigenvalue weighted by molar-refractivity contribution is 5.93. The van der Waals surface area contributed by atoms with E-state index in [-0.39, 0.29) is 29.4 Å². The summed E-state index contributed by atoms with van der Waals surface area (Å²) in [5.74, 6) is 0. The molecule has 0 saturated heterocycles. The highest BCUT2D eigenvalue weighted by Gasteiger charge is 2.45. The second-order valence-electron chi connectivity index (χ2n) is 4.45. The van der Waals surface area contributed by atoms with Crippen LogP contribution in [0.3, 0.4) is 0 Å². The first-order chi connectivity index (χ1) is 7.17. The summed E-state index contributed by atoms with van der Waals surface area (Å²) < 4.78 is 2.35. The van der Waals surface area contributed by atoms with Gasteiger partial charge in [-0.05, 0) is 12.8 Å². The molecule has 1 aromatic rings. The van der Waals surface area contributed by atoms with Gasteiger partial charge in [-0.2, -0.15) is 0 Å². The fraction of sp³-hybridized carbons (Fsp3) is 0.500. The summed E-state index contributed by atoms with van der Waals surface area (Å²) in [5, 5.41) is 0. The lowest BCUT2D eigenvalue weighted by Gasteiger charge is -2.23. The third-order valence-electron chi connectivity index (χ3n) is 4.18. The quantitative estimate of drug-likeness (QED) is 0.549. The Morgan fingerprint density at radius 3 is 2.25 bits per heavy atom. The highest BCUT2D eigenvalue weighted by atomic mass is 127. The van der Waals surface area contributed by atoms with Gasteiger partial charge in [-0.15, -0.1) is 0 Å². The molecule has 0 bridgehead atoms. The van der Waals surface area contributed by atoms with Crippen molar-refractivity contribution in [2.45, 2.75) is 39.0 Å². The summed E-state index contributed by atoms with van der Waals surface area (Å²) in [6, 6.07) is 8.80. The average molecular weight is 329 g/mol. The molecular weight excluding hydrogens is 309 g/mol. The van der Waals surface area contributed by atoms with E-state index in [9.17, 15) is 0 Å². The SMILES string of the molecule is CCC1(CC)C(C)=[N+](C)c2ccccc21.[I-]. The molecule has 88 valence electrons. The molecule has 0 radical (unpaired) electrons. The van der Waals surface area contributed by atoms with E-state index < -0.39 is 0 Å². The Bertz CT molecular complexity index is 416. The molecule has 1 aromatic carbocycles. The van der Waals surface area contributed by atoms with Gasteiger partial charge in [0.05, 0.1) is 5.41 Å². The number of fused-ring (bicyclic) bond motifs is 1. The second kappa shape index (κ2) is 4.86. The van der Waals surface area contributed by atoms with Crippen LogP contribution in [0.1, 0.15) is 39.2 Å². The minimum atomic E-state index is 0. The predicted molar refractivity (Wildman–Crippen MR) is 65.2 cm³/mol. The molecule has 0 atom stereocenters. The number of para-hydroxylation sites is 1. The summed E-state index contributed by atoms with van der Waals surface area (Å²) in [6.07, 6.45) is 2.38. The van der Waals surface area contributed by atoms with Crippen molar-refractivity contribution in [3.63, 3.8) is 0 Å². The Morgan fingerprint density at radius 1 is 1.12 bits per heavy atom. The number of rotatable bonds is 2. The highest BCUT2D eigenvalue weighted by Crippen LogP contribution is 2.43. The first-order valence-corrected chi connectivity index (χ1v) is 5.84. The smallest absolute Gasteiger partial charge is 0.209 e. The Morgan fingerprint density at radius 2 is 1.69 bits per heavy atom. The van der Waals surface area contributed by atoms with Crippen LogP contribution in [0.5, 0.6) is 0 Å². The number of hydrogen-bond acceptors (Lipinski definition) is 0. The molecule has 0 amide bonds. The van der Waals surface area contributed by atoms with Gasteiger partial charge in [0.2, 0.25) is 5.69 Å². The van der Waals surface area contributed by atoms with Gasteiger partial charge in [-0.25, -0.2) is 4.58 Å². The van der Waals surface area contributed by atoms with Crippen LogP contribution in [0, 0.1) is 0 Å². The van der Waals surface area contributed by atoms with E-state index in [0.29, 0.717) is 0 Å². The van der Waals surface area contributed by atoms with Gasteiger partial charge in [0.1, 0.15) is 7.05 Å². The van der Waals surface area contributed by atoms with Crippen LogP contribution in [0.15, 0.2) is 24.3 Å². The van der Waals surface area contributed by atoms with Gasteiger partial charge < -0.3 is 24.0 Å². The molecule has 0 aromatic heterocycles. The van der Waals surface area contributed by atoms with Crippen LogP contribution in [0.4, 0.5) is 5.69 Å². The minimum Gasteiger partial charge on any atom is -1.00 e. The van der Waals surface area contributed by atoms with Crippen LogP contribution in [0.25, 0.3) is 0 Å². The van der Waals surface area contributed by atoms with Crippen molar-refractivity contribution in [1.82, 2.24) is 0 Å². The van der Waals surface area contributed by atoms with Crippen molar-refractivity contribution >= 4 is 11.4 Å². The summed E-state index contributed by atoms with van der Waals surface area (Å²) in [7, 11) is 2.18. The standard InChI is InChI=1S/C14H20N.HI/c1-5-14(6-2)11(3)15(4)13-10-8-7-9-12(13)14;/h7-10H,5-6H2,1-4H3;1H/q+1;/p-1. The summed E-state index contributed by atoms with van der Waals surface area (Å²) in [5.41, 5.74) is 4.67. The number of benzene rings is 1. The van der Waals surface area contributed by atoms with Gasteiger partial charge in [0.25, 0.3) is 0 Å². The number of hydrogen-bond donors (Lipinski definition) is 0. The van der Waals surface area contributed by atoms with E-state index >= 15 is 0 Å². The van der Waals surface area contributed by atoms with E-state index in [1.807, 2.05) is 0 Å². The molecular formula is C14H20IN. The van der Waals surface area contributed by atoms with Gasteiger partial charge in [-0.1, -0.05) is 32.0 Å². The molecule has 2 heteroatoms. The Kier molecular flexibility index (Phi) is 4.16. The van der Waals surface area contributed by atoms with Gasteiger partial charge in [0, 0.05) is 18.6 Å². The summed E-state index contributed by atoms with van der Waals surface area (Å²) >= 11 is 0. The summed E-state index contributed by atoms with van der Waals surface area (Å²) in [4.78, 5) is 0. The van der Waals surface area contributed by atoms with E-state index in [1.54, 1.807) is 0 Å².